The molecule has 0 saturated carbocycles. The number of anilines is 1. The van der Waals surface area contributed by atoms with Gasteiger partial charge in [0.05, 0.1) is 11.9 Å². The molecule has 4 nitrogen and oxygen atoms in total. The third kappa shape index (κ3) is 3.42. The van der Waals surface area contributed by atoms with Gasteiger partial charge in [0.2, 0.25) is 5.95 Å². The van der Waals surface area contributed by atoms with Gasteiger partial charge in [-0.3, -0.25) is 0 Å². The van der Waals surface area contributed by atoms with Crippen LogP contribution in [-0.2, 0) is 13.6 Å². The Balaban J connectivity index is 1.79. The van der Waals surface area contributed by atoms with Crippen molar-refractivity contribution in [3.63, 3.8) is 0 Å². The monoisotopic (exact) mass is 268 g/mol. The molecule has 2 rings (SSSR count). The van der Waals surface area contributed by atoms with E-state index in [4.69, 9.17) is 0 Å². The molecule has 1 saturated heterocycles. The van der Waals surface area contributed by atoms with E-state index in [1.165, 1.54) is 30.7 Å². The molecule has 0 aromatic carbocycles. The van der Waals surface area contributed by atoms with Crippen LogP contribution in [0.15, 0.2) is 6.20 Å². The van der Waals surface area contributed by atoms with E-state index < -0.39 is 0 Å². The number of nitrogens with zero attached hydrogens (tertiary/aromatic N) is 3. The van der Waals surface area contributed by atoms with Gasteiger partial charge in [0.1, 0.15) is 0 Å². The quantitative estimate of drug-likeness (QED) is 0.884. The van der Waals surface area contributed by atoms with E-state index in [1.54, 1.807) is 0 Å². The summed E-state index contributed by atoms with van der Waals surface area (Å²) in [5.41, 5.74) is 1.25. The molecule has 0 amide bonds. The van der Waals surface area contributed by atoms with Gasteiger partial charge in [0, 0.05) is 39.5 Å². The van der Waals surface area contributed by atoms with Crippen molar-refractivity contribution in [1.29, 1.82) is 0 Å². The van der Waals surface area contributed by atoms with Crippen molar-refractivity contribution in [2.45, 2.75) is 31.1 Å². The van der Waals surface area contributed by atoms with Gasteiger partial charge in [-0.2, -0.15) is 11.8 Å². The molecule has 0 aliphatic carbocycles. The van der Waals surface area contributed by atoms with E-state index in [0.717, 1.165) is 24.3 Å². The Hall–Kier alpha value is -0.680. The Morgan fingerprint density at radius 2 is 2.33 bits per heavy atom. The molecule has 18 heavy (non-hydrogen) atoms. The minimum absolute atomic E-state index is 0.806. The highest BCUT2D eigenvalue weighted by Crippen LogP contribution is 2.24. The molecule has 2 heterocycles. The van der Waals surface area contributed by atoms with Crippen LogP contribution < -0.4 is 10.2 Å². The first kappa shape index (κ1) is 13.7. The fraction of sp³-hybridized carbons (Fsp3) is 0.769. The second-order valence-electron chi connectivity index (χ2n) is 5.12. The number of imidazole rings is 1. The molecular weight excluding hydrogens is 244 g/mol. The normalized spacial score (nSPS) is 20.1. The first-order valence-electron chi connectivity index (χ1n) is 6.68. The Morgan fingerprint density at radius 1 is 1.50 bits per heavy atom. The van der Waals surface area contributed by atoms with E-state index in [2.05, 4.69) is 33.7 Å². The lowest BCUT2D eigenvalue weighted by molar-refractivity contribution is 0.586. The topological polar surface area (TPSA) is 33.1 Å². The van der Waals surface area contributed by atoms with Crippen molar-refractivity contribution in [3.8, 4) is 0 Å². The molecule has 0 radical (unpaired) electrons. The van der Waals surface area contributed by atoms with E-state index in [9.17, 15) is 0 Å². The van der Waals surface area contributed by atoms with Crippen molar-refractivity contribution in [2.75, 3.05) is 31.3 Å². The zero-order chi connectivity index (χ0) is 13.0. The summed E-state index contributed by atoms with van der Waals surface area (Å²) < 4.78 is 2.15. The fourth-order valence-corrected chi connectivity index (χ4v) is 3.62. The van der Waals surface area contributed by atoms with E-state index >= 15 is 0 Å². The summed E-state index contributed by atoms with van der Waals surface area (Å²) in [4.78, 5) is 6.47. The Bertz CT molecular complexity index is 369. The first-order valence-corrected chi connectivity index (χ1v) is 7.73. The molecule has 1 aromatic heterocycles. The zero-order valence-corrected chi connectivity index (χ0v) is 12.5. The Morgan fingerprint density at radius 3 is 2.94 bits per heavy atom. The molecule has 1 N–H and O–H groups in total. The fourth-order valence-electron chi connectivity index (χ4n) is 2.34. The zero-order valence-electron chi connectivity index (χ0n) is 11.6. The summed E-state index contributed by atoms with van der Waals surface area (Å²) in [5.74, 6) is 2.35. The summed E-state index contributed by atoms with van der Waals surface area (Å²) in [6.07, 6.45) is 6.13. The van der Waals surface area contributed by atoms with E-state index in [1.807, 2.05) is 25.2 Å². The van der Waals surface area contributed by atoms with Gasteiger partial charge in [0.15, 0.2) is 0 Å². The van der Waals surface area contributed by atoms with E-state index in [0.29, 0.717) is 0 Å². The van der Waals surface area contributed by atoms with Gasteiger partial charge in [-0.05, 0) is 18.6 Å². The van der Waals surface area contributed by atoms with Gasteiger partial charge in [0.25, 0.3) is 0 Å². The van der Waals surface area contributed by atoms with Crippen LogP contribution in [0.1, 0.15) is 25.0 Å². The number of nitrogens with one attached hydrogen (secondary N) is 1. The van der Waals surface area contributed by atoms with Crippen LogP contribution in [0.5, 0.6) is 0 Å². The average molecular weight is 268 g/mol. The molecule has 0 bridgehead atoms. The molecule has 1 fully saturated rings. The van der Waals surface area contributed by atoms with Gasteiger partial charge in [-0.25, -0.2) is 4.98 Å². The number of thioether (sulfide) groups is 1. The van der Waals surface area contributed by atoms with Crippen LogP contribution in [-0.4, -0.2) is 41.2 Å². The molecule has 1 unspecified atom stereocenters. The van der Waals surface area contributed by atoms with Gasteiger partial charge >= 0.3 is 0 Å². The number of hydrogen-bond acceptors (Lipinski definition) is 4. The second kappa shape index (κ2) is 6.48. The highest BCUT2D eigenvalue weighted by Gasteiger charge is 2.14. The van der Waals surface area contributed by atoms with Crippen LogP contribution in [0.3, 0.4) is 0 Å². The summed E-state index contributed by atoms with van der Waals surface area (Å²) in [6, 6.07) is 0. The minimum atomic E-state index is 0.806. The molecule has 1 aliphatic heterocycles. The summed E-state index contributed by atoms with van der Waals surface area (Å²) in [6.45, 7) is 2.03. The van der Waals surface area contributed by atoms with Crippen molar-refractivity contribution in [3.05, 3.63) is 11.9 Å². The van der Waals surface area contributed by atoms with Gasteiger partial charge in [-0.15, -0.1) is 0 Å². The summed E-state index contributed by atoms with van der Waals surface area (Å²) >= 11 is 2.12. The minimum Gasteiger partial charge on any atom is -0.348 e. The van der Waals surface area contributed by atoms with Crippen LogP contribution in [0.2, 0.25) is 0 Å². The maximum atomic E-state index is 4.42. The first-order chi connectivity index (χ1) is 8.68. The predicted octanol–water partition coefficient (Wildman–Crippen LogP) is 1.86. The van der Waals surface area contributed by atoms with Crippen molar-refractivity contribution >= 4 is 17.7 Å². The average Bonchev–Trinajstić information content (AvgIpc) is 2.73. The lowest BCUT2D eigenvalue weighted by atomic mass is 10.2. The largest absolute Gasteiger partial charge is 0.348 e. The molecule has 1 aromatic rings. The smallest absolute Gasteiger partial charge is 0.204 e. The molecule has 0 spiro atoms. The molecular formula is C13H24N4S. The highest BCUT2D eigenvalue weighted by atomic mass is 32.2. The number of rotatable bonds is 5. The second-order valence-corrected chi connectivity index (χ2v) is 6.53. The molecule has 102 valence electrons. The number of hydrogen-bond donors (Lipinski definition) is 1. The van der Waals surface area contributed by atoms with Crippen LogP contribution in [0.25, 0.3) is 0 Å². The summed E-state index contributed by atoms with van der Waals surface area (Å²) in [7, 11) is 6.13. The maximum absolute atomic E-state index is 4.42. The van der Waals surface area contributed by atoms with Gasteiger partial charge in [-0.1, -0.05) is 6.42 Å². The SMILES string of the molecule is CN(C)c1ncc(CNCC2CCCCS2)n1C. The van der Waals surface area contributed by atoms with Crippen LogP contribution in [0, 0.1) is 0 Å². The Kier molecular flexibility index (Phi) is 4.95. The third-order valence-electron chi connectivity index (χ3n) is 3.41. The number of aromatic nitrogens is 2. The van der Waals surface area contributed by atoms with Gasteiger partial charge < -0.3 is 14.8 Å². The predicted molar refractivity (Wildman–Crippen MR) is 79.3 cm³/mol. The van der Waals surface area contributed by atoms with Crippen molar-refractivity contribution in [2.24, 2.45) is 7.05 Å². The molecule has 1 atom stereocenters. The Labute approximate surface area is 114 Å². The summed E-state index contributed by atoms with van der Waals surface area (Å²) in [5, 5.41) is 4.37. The van der Waals surface area contributed by atoms with E-state index in [-0.39, 0.29) is 0 Å². The third-order valence-corrected chi connectivity index (χ3v) is 4.81. The standard InChI is InChI=1S/C13H24N4S/c1-16(2)13-15-9-11(17(13)3)8-14-10-12-6-4-5-7-18-12/h9,12,14H,4-8,10H2,1-3H3. The maximum Gasteiger partial charge on any atom is 0.204 e. The lowest BCUT2D eigenvalue weighted by Crippen LogP contribution is -2.27. The van der Waals surface area contributed by atoms with Crippen molar-refractivity contribution < 1.29 is 0 Å². The van der Waals surface area contributed by atoms with Crippen LogP contribution in [0.4, 0.5) is 5.95 Å². The van der Waals surface area contributed by atoms with Crippen molar-refractivity contribution in [1.82, 2.24) is 14.9 Å². The molecule has 1 aliphatic rings. The highest BCUT2D eigenvalue weighted by molar-refractivity contribution is 7.99. The molecule has 5 heteroatoms. The van der Waals surface area contributed by atoms with Crippen LogP contribution >= 0.6 is 11.8 Å². The lowest BCUT2D eigenvalue weighted by Gasteiger charge is -2.21.